The smallest absolute Gasteiger partial charge is 0.134 e. The van der Waals surface area contributed by atoms with Gasteiger partial charge in [0.2, 0.25) is 0 Å². The number of benzene rings is 1. The topological polar surface area (TPSA) is 9.23 Å². The van der Waals surface area contributed by atoms with Crippen molar-refractivity contribution < 1.29 is 4.74 Å². The Morgan fingerprint density at radius 3 is 2.50 bits per heavy atom. The largest absolute Gasteiger partial charge is 0.482 e. The minimum atomic E-state index is -0.294. The molecule has 1 heterocycles. The fourth-order valence-electron chi connectivity index (χ4n) is 2.00. The molecule has 0 aromatic heterocycles. The lowest BCUT2D eigenvalue weighted by Gasteiger charge is -2.33. The van der Waals surface area contributed by atoms with Gasteiger partial charge in [0.15, 0.2) is 0 Å². The molecule has 0 bridgehead atoms. The molecular formula is C15H16O. The molecular weight excluding hydrogens is 196 g/mol. The molecule has 0 atom stereocenters. The number of para-hydroxylation sites is 1. The van der Waals surface area contributed by atoms with Gasteiger partial charge in [0.05, 0.1) is 0 Å². The summed E-state index contributed by atoms with van der Waals surface area (Å²) in [7, 11) is 0. The van der Waals surface area contributed by atoms with Crippen molar-refractivity contribution >= 4 is 6.08 Å². The van der Waals surface area contributed by atoms with Crippen LogP contribution in [0.1, 0.15) is 18.4 Å². The van der Waals surface area contributed by atoms with E-state index in [1.807, 2.05) is 30.4 Å². The van der Waals surface area contributed by atoms with Crippen molar-refractivity contribution in [3.05, 3.63) is 61.2 Å². The zero-order valence-electron chi connectivity index (χ0n) is 9.36. The van der Waals surface area contributed by atoms with Crippen molar-refractivity contribution in [1.82, 2.24) is 0 Å². The first kappa shape index (κ1) is 10.7. The van der Waals surface area contributed by atoms with E-state index in [1.165, 1.54) is 0 Å². The molecule has 1 nitrogen and oxygen atoms in total. The lowest BCUT2D eigenvalue weighted by atomic mass is 9.91. The SMILES string of the molecule is C=CCC1(CC=C)C=Cc2ccccc2O1. The highest BCUT2D eigenvalue weighted by atomic mass is 16.5. The third-order valence-electron chi connectivity index (χ3n) is 2.78. The monoisotopic (exact) mass is 212 g/mol. The number of rotatable bonds is 4. The lowest BCUT2D eigenvalue weighted by molar-refractivity contribution is 0.124. The van der Waals surface area contributed by atoms with E-state index < -0.39 is 0 Å². The van der Waals surface area contributed by atoms with Gasteiger partial charge < -0.3 is 4.74 Å². The molecule has 1 aromatic carbocycles. The van der Waals surface area contributed by atoms with Gasteiger partial charge in [-0.2, -0.15) is 0 Å². The van der Waals surface area contributed by atoms with Gasteiger partial charge in [0.25, 0.3) is 0 Å². The highest BCUT2D eigenvalue weighted by molar-refractivity contribution is 5.61. The van der Waals surface area contributed by atoms with Crippen LogP contribution in [0.2, 0.25) is 0 Å². The molecule has 0 spiro atoms. The molecule has 0 unspecified atom stereocenters. The molecule has 0 radical (unpaired) electrons. The van der Waals surface area contributed by atoms with Crippen LogP contribution in [0.3, 0.4) is 0 Å². The summed E-state index contributed by atoms with van der Waals surface area (Å²) in [5.41, 5.74) is 0.837. The minimum absolute atomic E-state index is 0.294. The van der Waals surface area contributed by atoms with Crippen LogP contribution in [0.5, 0.6) is 5.75 Å². The second-order valence-electron chi connectivity index (χ2n) is 4.02. The third kappa shape index (κ3) is 1.94. The van der Waals surface area contributed by atoms with E-state index in [0.29, 0.717) is 0 Å². The maximum Gasteiger partial charge on any atom is 0.134 e. The van der Waals surface area contributed by atoms with Crippen molar-refractivity contribution in [2.24, 2.45) is 0 Å². The molecule has 1 aromatic rings. The fourth-order valence-corrected chi connectivity index (χ4v) is 2.00. The molecule has 16 heavy (non-hydrogen) atoms. The number of hydrogen-bond acceptors (Lipinski definition) is 1. The summed E-state index contributed by atoms with van der Waals surface area (Å²) in [4.78, 5) is 0. The Labute approximate surface area is 96.8 Å². The number of hydrogen-bond donors (Lipinski definition) is 0. The van der Waals surface area contributed by atoms with E-state index >= 15 is 0 Å². The van der Waals surface area contributed by atoms with E-state index in [9.17, 15) is 0 Å². The Morgan fingerprint density at radius 2 is 1.81 bits per heavy atom. The van der Waals surface area contributed by atoms with Gasteiger partial charge in [-0.15, -0.1) is 13.2 Å². The van der Waals surface area contributed by atoms with Gasteiger partial charge in [-0.3, -0.25) is 0 Å². The van der Waals surface area contributed by atoms with Crippen LogP contribution in [0.25, 0.3) is 6.08 Å². The molecule has 1 heteroatoms. The van der Waals surface area contributed by atoms with E-state index in [-0.39, 0.29) is 5.60 Å². The van der Waals surface area contributed by atoms with Crippen LogP contribution in [0.15, 0.2) is 55.7 Å². The molecule has 1 aliphatic heterocycles. The molecule has 82 valence electrons. The van der Waals surface area contributed by atoms with E-state index in [2.05, 4.69) is 31.4 Å². The van der Waals surface area contributed by atoms with Gasteiger partial charge in [0, 0.05) is 18.4 Å². The summed E-state index contributed by atoms with van der Waals surface area (Å²) >= 11 is 0. The average molecular weight is 212 g/mol. The molecule has 0 N–H and O–H groups in total. The van der Waals surface area contributed by atoms with Crippen molar-refractivity contribution in [2.75, 3.05) is 0 Å². The second kappa shape index (κ2) is 4.40. The number of fused-ring (bicyclic) bond motifs is 1. The first-order valence-electron chi connectivity index (χ1n) is 5.49. The maximum absolute atomic E-state index is 6.07. The van der Waals surface area contributed by atoms with Crippen LogP contribution >= 0.6 is 0 Å². The van der Waals surface area contributed by atoms with Crippen LogP contribution < -0.4 is 4.74 Å². The Balaban J connectivity index is 2.34. The van der Waals surface area contributed by atoms with Crippen LogP contribution in [-0.4, -0.2) is 5.60 Å². The molecule has 0 aliphatic carbocycles. The summed E-state index contributed by atoms with van der Waals surface area (Å²) < 4.78 is 6.07. The van der Waals surface area contributed by atoms with Crippen molar-refractivity contribution in [1.29, 1.82) is 0 Å². The Hall–Kier alpha value is -1.76. The van der Waals surface area contributed by atoms with Crippen molar-refractivity contribution in [2.45, 2.75) is 18.4 Å². The van der Waals surface area contributed by atoms with Crippen LogP contribution in [-0.2, 0) is 0 Å². The van der Waals surface area contributed by atoms with Crippen LogP contribution in [0.4, 0.5) is 0 Å². The van der Waals surface area contributed by atoms with Gasteiger partial charge in [-0.05, 0) is 12.1 Å². The predicted octanol–water partition coefficient (Wildman–Crippen LogP) is 3.98. The quantitative estimate of drug-likeness (QED) is 0.686. The average Bonchev–Trinajstić information content (AvgIpc) is 2.30. The normalized spacial score (nSPS) is 16.0. The van der Waals surface area contributed by atoms with Gasteiger partial charge in [-0.25, -0.2) is 0 Å². The third-order valence-corrected chi connectivity index (χ3v) is 2.78. The van der Waals surface area contributed by atoms with Gasteiger partial charge >= 0.3 is 0 Å². The van der Waals surface area contributed by atoms with Crippen molar-refractivity contribution in [3.63, 3.8) is 0 Å². The van der Waals surface area contributed by atoms with Crippen molar-refractivity contribution in [3.8, 4) is 5.75 Å². The lowest BCUT2D eigenvalue weighted by Crippen LogP contribution is -2.34. The first-order chi connectivity index (χ1) is 7.79. The second-order valence-corrected chi connectivity index (χ2v) is 4.02. The molecule has 0 fully saturated rings. The Bertz CT molecular complexity index is 419. The standard InChI is InChI=1S/C15H16O/c1-3-10-15(11-4-2)12-9-13-7-5-6-8-14(13)16-15/h3-9,12H,1-2,10-11H2. The minimum Gasteiger partial charge on any atom is -0.482 e. The van der Waals surface area contributed by atoms with Gasteiger partial charge in [0.1, 0.15) is 11.4 Å². The predicted molar refractivity (Wildman–Crippen MR) is 68.5 cm³/mol. The van der Waals surface area contributed by atoms with E-state index in [0.717, 1.165) is 24.2 Å². The van der Waals surface area contributed by atoms with E-state index in [1.54, 1.807) is 0 Å². The molecule has 0 saturated carbocycles. The van der Waals surface area contributed by atoms with Gasteiger partial charge in [-0.1, -0.05) is 36.4 Å². The molecule has 0 saturated heterocycles. The summed E-state index contributed by atoms with van der Waals surface area (Å²) in [6.45, 7) is 7.58. The molecule has 1 aliphatic rings. The van der Waals surface area contributed by atoms with E-state index in [4.69, 9.17) is 4.74 Å². The zero-order chi connectivity index (χ0) is 11.4. The number of ether oxygens (including phenoxy) is 1. The van der Waals surface area contributed by atoms with Crippen LogP contribution in [0, 0.1) is 0 Å². The maximum atomic E-state index is 6.07. The zero-order valence-corrected chi connectivity index (χ0v) is 9.36. The summed E-state index contributed by atoms with van der Waals surface area (Å²) in [6, 6.07) is 8.06. The first-order valence-corrected chi connectivity index (χ1v) is 5.49. The highest BCUT2D eigenvalue weighted by Crippen LogP contribution is 2.35. The summed E-state index contributed by atoms with van der Waals surface area (Å²) in [5, 5.41) is 0. The molecule has 2 rings (SSSR count). The summed E-state index contributed by atoms with van der Waals surface area (Å²) in [5.74, 6) is 0.939. The molecule has 0 amide bonds. The highest BCUT2D eigenvalue weighted by Gasteiger charge is 2.29. The Kier molecular flexibility index (Phi) is 2.95. The fraction of sp³-hybridized carbons (Fsp3) is 0.200. The summed E-state index contributed by atoms with van der Waals surface area (Å²) in [6.07, 6.45) is 9.60. The Morgan fingerprint density at radius 1 is 1.12 bits per heavy atom.